The first-order valence-electron chi connectivity index (χ1n) is 13.6. The summed E-state index contributed by atoms with van der Waals surface area (Å²) in [5.41, 5.74) is 1.25. The fraction of sp³-hybridized carbons (Fsp3) is 0.294. The van der Waals surface area contributed by atoms with Crippen molar-refractivity contribution in [1.29, 1.82) is 0 Å². The molecule has 0 unspecified atom stereocenters. The van der Waals surface area contributed by atoms with Crippen molar-refractivity contribution in [3.63, 3.8) is 0 Å². The van der Waals surface area contributed by atoms with E-state index < -0.39 is 20.4 Å². The Balaban J connectivity index is 1.97. The van der Waals surface area contributed by atoms with Gasteiger partial charge in [0.2, 0.25) is 0 Å². The van der Waals surface area contributed by atoms with Crippen LogP contribution >= 0.6 is 10.3 Å². The molecule has 218 valence electrons. The lowest BCUT2D eigenvalue weighted by molar-refractivity contribution is 0.130. The third kappa shape index (κ3) is 7.53. The Labute approximate surface area is 247 Å². The SMILES string of the molecule is Cc1ccc(S(=O)(=O)[OH+]S(c2ccc(OC(C)(C)C)cc2)(c2ccc(OC(C)(C)C)cc2)c2cccc(C)c2)cc1. The maximum Gasteiger partial charge on any atom is 0.422 e. The van der Waals surface area contributed by atoms with Crippen LogP contribution in [0.15, 0.2) is 117 Å². The van der Waals surface area contributed by atoms with Gasteiger partial charge in [-0.3, -0.25) is 3.63 Å². The molecule has 4 aromatic carbocycles. The van der Waals surface area contributed by atoms with E-state index in [4.69, 9.17) is 13.1 Å². The molecule has 0 aliphatic heterocycles. The minimum Gasteiger partial charge on any atom is -0.488 e. The Kier molecular flexibility index (Phi) is 8.65. The lowest BCUT2D eigenvalue weighted by Gasteiger charge is -2.35. The number of benzene rings is 4. The number of aryl methyl sites for hydroxylation is 2. The van der Waals surface area contributed by atoms with Crippen LogP contribution in [0.2, 0.25) is 0 Å². The second-order valence-electron chi connectivity index (χ2n) is 12.1. The van der Waals surface area contributed by atoms with Crippen LogP contribution in [0, 0.1) is 13.8 Å². The van der Waals surface area contributed by atoms with Crippen molar-refractivity contribution in [3.8, 4) is 11.5 Å². The van der Waals surface area contributed by atoms with Crippen LogP contribution in [-0.4, -0.2) is 23.2 Å². The van der Waals surface area contributed by atoms with Gasteiger partial charge in [0, 0.05) is 0 Å². The number of ether oxygens (including phenoxy) is 2. The third-order valence-electron chi connectivity index (χ3n) is 6.04. The predicted octanol–water partition coefficient (Wildman–Crippen LogP) is 9.34. The van der Waals surface area contributed by atoms with E-state index in [2.05, 4.69) is 0 Å². The molecule has 0 amide bonds. The molecule has 0 fully saturated rings. The first kappa shape index (κ1) is 30.7. The zero-order valence-corrected chi connectivity index (χ0v) is 26.8. The highest BCUT2D eigenvalue weighted by Gasteiger charge is 2.44. The Hall–Kier alpha value is -3.26. The van der Waals surface area contributed by atoms with Crippen LogP contribution in [0.1, 0.15) is 52.7 Å². The van der Waals surface area contributed by atoms with Gasteiger partial charge in [0.05, 0.1) is 25.0 Å². The normalized spacial score (nSPS) is 13.1. The minimum absolute atomic E-state index is 0.160. The first-order chi connectivity index (χ1) is 19.1. The average Bonchev–Trinajstić information content (AvgIpc) is 2.87. The van der Waals surface area contributed by atoms with Gasteiger partial charge in [-0.05, 0) is 134 Å². The molecule has 0 spiro atoms. The first-order valence-corrected chi connectivity index (χ1v) is 16.6. The molecule has 1 N–H and O–H groups in total. The monoisotopic (exact) mass is 593 g/mol. The van der Waals surface area contributed by atoms with Crippen molar-refractivity contribution in [1.82, 2.24) is 0 Å². The van der Waals surface area contributed by atoms with Crippen LogP contribution in [0.4, 0.5) is 0 Å². The molecular weight excluding hydrogens is 553 g/mol. The van der Waals surface area contributed by atoms with Crippen LogP contribution in [0.3, 0.4) is 0 Å². The molecule has 5 nitrogen and oxygen atoms in total. The van der Waals surface area contributed by atoms with Crippen molar-refractivity contribution in [2.45, 2.75) is 86.2 Å². The molecular formula is C34H41O5S2+. The summed E-state index contributed by atoms with van der Waals surface area (Å²) in [6.07, 6.45) is 0. The average molecular weight is 594 g/mol. The van der Waals surface area contributed by atoms with E-state index in [0.717, 1.165) is 25.8 Å². The highest BCUT2D eigenvalue weighted by Crippen LogP contribution is 2.69. The van der Waals surface area contributed by atoms with Crippen LogP contribution in [0.5, 0.6) is 11.5 Å². The summed E-state index contributed by atoms with van der Waals surface area (Å²) >= 11 is 0. The maximum atomic E-state index is 14.1. The van der Waals surface area contributed by atoms with Gasteiger partial charge < -0.3 is 9.47 Å². The van der Waals surface area contributed by atoms with Gasteiger partial charge in [0.1, 0.15) is 27.6 Å². The van der Waals surface area contributed by atoms with Crippen molar-refractivity contribution in [2.24, 2.45) is 0 Å². The number of rotatable bonds is 8. The van der Waals surface area contributed by atoms with Gasteiger partial charge in [-0.1, -0.05) is 29.8 Å². The van der Waals surface area contributed by atoms with E-state index in [-0.39, 0.29) is 16.1 Å². The molecule has 0 atom stereocenters. The lowest BCUT2D eigenvalue weighted by atomic mass is 10.2. The second-order valence-corrected chi connectivity index (χ2v) is 16.7. The van der Waals surface area contributed by atoms with Crippen LogP contribution < -0.4 is 9.47 Å². The molecule has 0 heterocycles. The second kappa shape index (κ2) is 11.6. The topological polar surface area (TPSA) is 65.4 Å². The summed E-state index contributed by atoms with van der Waals surface area (Å²) in [5.74, 6) is 1.41. The summed E-state index contributed by atoms with van der Waals surface area (Å²) in [4.78, 5) is 2.55. The van der Waals surface area contributed by atoms with E-state index in [0.29, 0.717) is 11.5 Å². The molecule has 0 radical (unpaired) electrons. The quantitative estimate of drug-likeness (QED) is 0.151. The fourth-order valence-electron chi connectivity index (χ4n) is 4.35. The summed E-state index contributed by atoms with van der Waals surface area (Å²) in [6.45, 7) is 15.9. The molecule has 7 heteroatoms. The van der Waals surface area contributed by atoms with Crippen LogP contribution in [0.25, 0.3) is 0 Å². The summed E-state index contributed by atoms with van der Waals surface area (Å²) in [6, 6.07) is 30.1. The van der Waals surface area contributed by atoms with Crippen molar-refractivity contribution in [2.75, 3.05) is 0 Å². The van der Waals surface area contributed by atoms with Crippen molar-refractivity contribution >= 4 is 20.4 Å². The number of hydrogen-bond donors (Lipinski definition) is 0. The Morgan fingerprint density at radius 2 is 0.976 bits per heavy atom. The van der Waals surface area contributed by atoms with E-state index in [1.807, 2.05) is 128 Å². The lowest BCUT2D eigenvalue weighted by Crippen LogP contribution is -2.23. The standard InChI is InChI=1S/C34H40O5S2/c1-25-12-18-31(19-13-25)41(35,36)39-40(32-11-9-10-26(2)24-32,29-20-14-27(15-21-29)37-33(3,4)5)30-22-16-28(17-23-30)38-34(6,7)8/h9-24H,1-8H3/p+1. The Morgan fingerprint density at radius 3 is 1.39 bits per heavy atom. The van der Waals surface area contributed by atoms with E-state index in [9.17, 15) is 8.42 Å². The Morgan fingerprint density at radius 1 is 0.537 bits per heavy atom. The van der Waals surface area contributed by atoms with E-state index in [1.54, 1.807) is 24.3 Å². The van der Waals surface area contributed by atoms with Gasteiger partial charge in [0.15, 0.2) is 0 Å². The summed E-state index contributed by atoms with van der Waals surface area (Å²) in [7, 11) is -6.74. The van der Waals surface area contributed by atoms with Gasteiger partial charge >= 0.3 is 10.1 Å². The zero-order chi connectivity index (χ0) is 30.1. The smallest absolute Gasteiger partial charge is 0.422 e. The molecule has 0 aliphatic carbocycles. The molecule has 0 aliphatic rings. The summed E-state index contributed by atoms with van der Waals surface area (Å²) in [5, 5.41) is 0. The highest BCUT2D eigenvalue weighted by molar-refractivity contribution is 8.32. The molecule has 41 heavy (non-hydrogen) atoms. The van der Waals surface area contributed by atoms with E-state index in [1.165, 1.54) is 0 Å². The fourth-order valence-corrected chi connectivity index (χ4v) is 9.90. The minimum atomic E-state index is -4.07. The molecule has 0 aromatic heterocycles. The van der Waals surface area contributed by atoms with Gasteiger partial charge in [-0.25, -0.2) is 0 Å². The molecule has 0 saturated heterocycles. The zero-order valence-electron chi connectivity index (χ0n) is 25.1. The molecule has 4 aromatic rings. The highest BCUT2D eigenvalue weighted by atomic mass is 32.3. The number of hydrogen-bond acceptors (Lipinski definition) is 4. The van der Waals surface area contributed by atoms with E-state index >= 15 is 0 Å². The van der Waals surface area contributed by atoms with Gasteiger partial charge in [-0.2, -0.15) is 0 Å². The largest absolute Gasteiger partial charge is 0.488 e. The van der Waals surface area contributed by atoms with Gasteiger partial charge in [0.25, 0.3) is 0 Å². The molecule has 0 bridgehead atoms. The third-order valence-corrected chi connectivity index (χ3v) is 11.4. The summed E-state index contributed by atoms with van der Waals surface area (Å²) < 4.78 is 45.2. The Bertz CT molecular complexity index is 1520. The predicted molar refractivity (Wildman–Crippen MR) is 168 cm³/mol. The molecule has 0 saturated carbocycles. The molecule has 4 rings (SSSR count). The van der Waals surface area contributed by atoms with Crippen molar-refractivity contribution in [3.05, 3.63) is 108 Å². The van der Waals surface area contributed by atoms with Gasteiger partial charge in [-0.15, -0.1) is 8.42 Å². The van der Waals surface area contributed by atoms with Crippen molar-refractivity contribution < 1.29 is 21.5 Å². The van der Waals surface area contributed by atoms with Crippen LogP contribution in [-0.2, 0) is 10.1 Å². The maximum absolute atomic E-state index is 14.1.